The summed E-state index contributed by atoms with van der Waals surface area (Å²) in [5, 5.41) is 11.6. The van der Waals surface area contributed by atoms with Gasteiger partial charge in [-0.15, -0.1) is 0 Å². The van der Waals surface area contributed by atoms with Crippen molar-refractivity contribution >= 4 is 5.96 Å². The first-order chi connectivity index (χ1) is 14.7. The highest BCUT2D eigenvalue weighted by molar-refractivity contribution is 5.79. The van der Waals surface area contributed by atoms with Gasteiger partial charge in [0, 0.05) is 37.8 Å². The molecule has 3 aromatic rings. The number of hydrogen-bond donors (Lipinski definition) is 2. The molecule has 2 aromatic heterocycles. The lowest BCUT2D eigenvalue weighted by molar-refractivity contribution is 0.506. The van der Waals surface area contributed by atoms with Crippen LogP contribution in [-0.4, -0.2) is 28.8 Å². The Morgan fingerprint density at radius 3 is 2.43 bits per heavy atom. The van der Waals surface area contributed by atoms with Crippen LogP contribution in [0.2, 0.25) is 0 Å². The van der Waals surface area contributed by atoms with Crippen LogP contribution >= 0.6 is 0 Å². The van der Waals surface area contributed by atoms with E-state index in [9.17, 15) is 0 Å². The second-order valence-electron chi connectivity index (χ2n) is 7.29. The molecule has 0 aliphatic heterocycles. The van der Waals surface area contributed by atoms with E-state index in [0.717, 1.165) is 56.2 Å². The third kappa shape index (κ3) is 5.99. The quantitative estimate of drug-likeness (QED) is 0.398. The Hall–Kier alpha value is -3.02. The lowest BCUT2D eigenvalue weighted by atomic mass is 10.1. The normalized spacial score (nSPS) is 11.6. The number of benzene rings is 1. The van der Waals surface area contributed by atoms with Gasteiger partial charge in [0.2, 0.25) is 0 Å². The Morgan fingerprint density at radius 1 is 1.00 bits per heavy atom. The van der Waals surface area contributed by atoms with Crippen molar-refractivity contribution in [3.8, 4) is 0 Å². The fraction of sp³-hybridized carbons (Fsp3) is 0.417. The van der Waals surface area contributed by atoms with Crippen molar-refractivity contribution in [1.29, 1.82) is 0 Å². The second-order valence-corrected chi connectivity index (χ2v) is 7.29. The molecule has 0 unspecified atom stereocenters. The molecule has 0 atom stereocenters. The molecule has 3 rings (SSSR count). The van der Waals surface area contributed by atoms with Gasteiger partial charge < -0.3 is 15.1 Å². The fourth-order valence-electron chi connectivity index (χ4n) is 3.63. The number of aliphatic imine (C=N–C) groups is 1. The molecule has 0 saturated heterocycles. The number of rotatable bonds is 10. The Balaban J connectivity index is 1.65. The van der Waals surface area contributed by atoms with E-state index in [0.29, 0.717) is 6.54 Å². The molecule has 6 heteroatoms. The van der Waals surface area contributed by atoms with Gasteiger partial charge in [0.25, 0.3) is 0 Å². The van der Waals surface area contributed by atoms with Crippen LogP contribution in [0.5, 0.6) is 0 Å². The Bertz CT molecular complexity index is 913. The summed E-state index contributed by atoms with van der Waals surface area (Å²) in [5.41, 5.74) is 4.96. The number of nitrogens with one attached hydrogen (secondary N) is 2. The van der Waals surface area contributed by atoms with E-state index in [-0.39, 0.29) is 0 Å². The van der Waals surface area contributed by atoms with Crippen LogP contribution in [0, 0.1) is 0 Å². The van der Waals surface area contributed by atoms with Crippen LogP contribution in [0.3, 0.4) is 0 Å². The average molecular weight is 408 g/mol. The largest absolute Gasteiger partial charge is 0.469 e. The fourth-order valence-corrected chi connectivity index (χ4v) is 3.63. The van der Waals surface area contributed by atoms with Crippen LogP contribution in [0.4, 0.5) is 0 Å². The number of hydrogen-bond acceptors (Lipinski definition) is 3. The molecule has 0 bridgehead atoms. The van der Waals surface area contributed by atoms with Crippen LogP contribution in [-0.2, 0) is 39.3 Å². The predicted molar refractivity (Wildman–Crippen MR) is 122 cm³/mol. The lowest BCUT2D eigenvalue weighted by Crippen LogP contribution is -2.39. The minimum atomic E-state index is 0.627. The van der Waals surface area contributed by atoms with Gasteiger partial charge in [-0.1, -0.05) is 44.2 Å². The molecular formula is C24H33N5O. The van der Waals surface area contributed by atoms with Crippen LogP contribution < -0.4 is 10.6 Å². The Kier molecular flexibility index (Phi) is 8.12. The van der Waals surface area contributed by atoms with Gasteiger partial charge in [0.05, 0.1) is 18.5 Å². The third-order valence-corrected chi connectivity index (χ3v) is 5.22. The highest BCUT2D eigenvalue weighted by Crippen LogP contribution is 2.16. The number of nitrogens with zero attached hydrogens (tertiary/aromatic N) is 3. The summed E-state index contributed by atoms with van der Waals surface area (Å²) in [6, 6.07) is 14.4. The highest BCUT2D eigenvalue weighted by Gasteiger charge is 2.13. The first-order valence-electron chi connectivity index (χ1n) is 10.8. The smallest absolute Gasteiger partial charge is 0.191 e. The summed E-state index contributed by atoms with van der Waals surface area (Å²) < 4.78 is 7.43. The molecule has 160 valence electrons. The van der Waals surface area contributed by atoms with Crippen molar-refractivity contribution < 1.29 is 4.42 Å². The summed E-state index contributed by atoms with van der Waals surface area (Å²) in [6.45, 7) is 6.53. The maximum absolute atomic E-state index is 5.44. The summed E-state index contributed by atoms with van der Waals surface area (Å²) in [5.74, 6) is 1.80. The molecule has 0 radical (unpaired) electrons. The van der Waals surface area contributed by atoms with Gasteiger partial charge in [0.15, 0.2) is 5.96 Å². The maximum Gasteiger partial charge on any atom is 0.191 e. The average Bonchev–Trinajstić information content (AvgIpc) is 3.39. The predicted octanol–water partition coefficient (Wildman–Crippen LogP) is 3.66. The standard InChI is InChI=1S/C24H33N5O/c1-4-22-21(23(5-2)29(3)28-22)18-27-24(26-16-14-20-12-9-17-30-20)25-15-13-19-10-7-6-8-11-19/h6-12,17H,4-5,13-16,18H2,1-3H3,(H2,25,26,27). The molecule has 0 aliphatic rings. The monoisotopic (exact) mass is 407 g/mol. The summed E-state index contributed by atoms with van der Waals surface area (Å²) >= 11 is 0. The van der Waals surface area contributed by atoms with E-state index >= 15 is 0 Å². The zero-order chi connectivity index (χ0) is 21.2. The zero-order valence-corrected chi connectivity index (χ0v) is 18.3. The van der Waals surface area contributed by atoms with Crippen molar-refractivity contribution in [3.05, 3.63) is 77.0 Å². The van der Waals surface area contributed by atoms with Crippen LogP contribution in [0.25, 0.3) is 0 Å². The first-order valence-corrected chi connectivity index (χ1v) is 10.8. The molecule has 6 nitrogen and oxygen atoms in total. The van der Waals surface area contributed by atoms with E-state index in [1.54, 1.807) is 6.26 Å². The number of furan rings is 1. The zero-order valence-electron chi connectivity index (χ0n) is 18.3. The van der Waals surface area contributed by atoms with Gasteiger partial charge >= 0.3 is 0 Å². The number of aromatic nitrogens is 2. The molecule has 0 aliphatic carbocycles. The Morgan fingerprint density at radius 2 is 1.77 bits per heavy atom. The van der Waals surface area contributed by atoms with Crippen LogP contribution in [0.15, 0.2) is 58.1 Å². The van der Waals surface area contributed by atoms with Crippen molar-refractivity contribution in [2.45, 2.75) is 46.1 Å². The minimum absolute atomic E-state index is 0.627. The summed E-state index contributed by atoms with van der Waals surface area (Å²) in [7, 11) is 2.02. The Labute approximate surface area is 179 Å². The van der Waals surface area contributed by atoms with E-state index < -0.39 is 0 Å². The number of aryl methyl sites for hydroxylation is 2. The van der Waals surface area contributed by atoms with Crippen molar-refractivity contribution in [2.24, 2.45) is 12.0 Å². The van der Waals surface area contributed by atoms with Crippen LogP contribution in [0.1, 0.15) is 42.1 Å². The van der Waals surface area contributed by atoms with Gasteiger partial charge in [-0.05, 0) is 37.0 Å². The topological polar surface area (TPSA) is 67.4 Å². The van der Waals surface area contributed by atoms with Gasteiger partial charge in [0.1, 0.15) is 5.76 Å². The van der Waals surface area contributed by atoms with E-state index in [1.807, 2.05) is 29.9 Å². The lowest BCUT2D eigenvalue weighted by Gasteiger charge is -2.13. The molecule has 1 aromatic carbocycles. The third-order valence-electron chi connectivity index (χ3n) is 5.22. The molecule has 2 heterocycles. The van der Waals surface area contributed by atoms with Crippen molar-refractivity contribution in [3.63, 3.8) is 0 Å². The molecule has 30 heavy (non-hydrogen) atoms. The summed E-state index contributed by atoms with van der Waals surface area (Å²) in [6.07, 6.45) is 5.36. The molecule has 0 saturated carbocycles. The van der Waals surface area contributed by atoms with E-state index in [4.69, 9.17) is 9.41 Å². The SMILES string of the molecule is CCc1nn(C)c(CC)c1CN=C(NCCc1ccccc1)NCCc1ccco1. The second kappa shape index (κ2) is 11.2. The van der Waals surface area contributed by atoms with Crippen molar-refractivity contribution in [2.75, 3.05) is 13.1 Å². The van der Waals surface area contributed by atoms with E-state index in [2.05, 4.69) is 53.8 Å². The van der Waals surface area contributed by atoms with E-state index in [1.165, 1.54) is 16.8 Å². The maximum atomic E-state index is 5.44. The van der Waals surface area contributed by atoms with Gasteiger partial charge in [-0.25, -0.2) is 4.99 Å². The van der Waals surface area contributed by atoms with Gasteiger partial charge in [-0.3, -0.25) is 4.68 Å². The molecule has 2 N–H and O–H groups in total. The molecule has 0 amide bonds. The minimum Gasteiger partial charge on any atom is -0.469 e. The highest BCUT2D eigenvalue weighted by atomic mass is 16.3. The molecule has 0 fully saturated rings. The van der Waals surface area contributed by atoms with Gasteiger partial charge in [-0.2, -0.15) is 5.10 Å². The molecule has 0 spiro atoms. The first kappa shape index (κ1) is 21.7. The van der Waals surface area contributed by atoms with Crippen molar-refractivity contribution in [1.82, 2.24) is 20.4 Å². The molecular weight excluding hydrogens is 374 g/mol. The summed E-state index contributed by atoms with van der Waals surface area (Å²) in [4.78, 5) is 4.89. The number of guanidine groups is 1.